The number of carbonyl (C=O) groups is 1. The minimum absolute atomic E-state index is 0.0823. The highest BCUT2D eigenvalue weighted by Crippen LogP contribution is 2.35. The molecule has 2 aromatic carbocycles. The van der Waals surface area contributed by atoms with Gasteiger partial charge in [0.2, 0.25) is 0 Å². The molecule has 5 aromatic rings. The van der Waals surface area contributed by atoms with Crippen LogP contribution in [0.1, 0.15) is 27.6 Å². The molecule has 200 valence electrons. The van der Waals surface area contributed by atoms with Crippen molar-refractivity contribution in [3.05, 3.63) is 77.6 Å². The first-order chi connectivity index (χ1) is 18.6. The third-order valence-electron chi connectivity index (χ3n) is 6.60. The van der Waals surface area contributed by atoms with Gasteiger partial charge < -0.3 is 24.6 Å². The van der Waals surface area contributed by atoms with Crippen LogP contribution < -0.4 is 10.6 Å². The molecular weight excluding hydrogens is 513 g/mol. The van der Waals surface area contributed by atoms with E-state index in [1.54, 1.807) is 6.20 Å². The molecule has 39 heavy (non-hydrogen) atoms. The van der Waals surface area contributed by atoms with Crippen molar-refractivity contribution in [1.29, 1.82) is 0 Å². The standard InChI is InChI=1S/C26H23F3N8O2/c1-34(2)14-23-31-8-10-35(23)16-3-5-19-15(11-16)7-9-36(19)25(38)20-13-22(26(27,28)29)32-37(20)17-4-6-21-18(12-17)24(30)33-39-21/h3-6,8,10-13H,7,9,14H2,1-2H3,(H2,30,33). The average Bonchev–Trinajstić information content (AvgIpc) is 3.68. The van der Waals surface area contributed by atoms with Crippen molar-refractivity contribution in [2.45, 2.75) is 19.1 Å². The Morgan fingerprint density at radius 1 is 1.13 bits per heavy atom. The molecule has 0 atom stereocenters. The summed E-state index contributed by atoms with van der Waals surface area (Å²) in [6.45, 7) is 0.961. The molecule has 0 saturated heterocycles. The van der Waals surface area contributed by atoms with Gasteiger partial charge in [-0.05, 0) is 62.5 Å². The third kappa shape index (κ3) is 4.30. The Morgan fingerprint density at radius 2 is 1.92 bits per heavy atom. The van der Waals surface area contributed by atoms with E-state index in [4.69, 9.17) is 10.3 Å². The zero-order valence-corrected chi connectivity index (χ0v) is 21.0. The molecule has 1 aliphatic heterocycles. The van der Waals surface area contributed by atoms with Crippen LogP contribution in [0, 0.1) is 0 Å². The fraction of sp³-hybridized carbons (Fsp3) is 0.231. The van der Waals surface area contributed by atoms with Crippen LogP contribution in [0.4, 0.5) is 24.7 Å². The molecule has 6 rings (SSSR count). The van der Waals surface area contributed by atoms with Crippen LogP contribution in [-0.2, 0) is 19.1 Å². The smallest absolute Gasteiger partial charge is 0.380 e. The van der Waals surface area contributed by atoms with E-state index < -0.39 is 17.8 Å². The molecule has 0 spiro atoms. The highest BCUT2D eigenvalue weighted by atomic mass is 19.4. The first-order valence-corrected chi connectivity index (χ1v) is 12.0. The molecule has 0 aliphatic carbocycles. The minimum Gasteiger partial charge on any atom is -0.380 e. The highest BCUT2D eigenvalue weighted by Gasteiger charge is 2.38. The van der Waals surface area contributed by atoms with Crippen molar-refractivity contribution in [3.63, 3.8) is 0 Å². The topological polar surface area (TPSA) is 111 Å². The summed E-state index contributed by atoms with van der Waals surface area (Å²) in [5.74, 6) is 0.345. The zero-order chi connectivity index (χ0) is 27.5. The summed E-state index contributed by atoms with van der Waals surface area (Å²) in [6, 6.07) is 10.9. The number of carbonyl (C=O) groups excluding carboxylic acids is 1. The van der Waals surface area contributed by atoms with Crippen molar-refractivity contribution < 1.29 is 22.5 Å². The van der Waals surface area contributed by atoms with Gasteiger partial charge in [0.15, 0.2) is 17.1 Å². The maximum atomic E-state index is 13.7. The van der Waals surface area contributed by atoms with Crippen LogP contribution >= 0.6 is 0 Å². The summed E-state index contributed by atoms with van der Waals surface area (Å²) in [5.41, 5.74) is 7.45. The highest BCUT2D eigenvalue weighted by molar-refractivity contribution is 6.07. The Balaban J connectivity index is 1.38. The maximum Gasteiger partial charge on any atom is 0.435 e. The Hall–Kier alpha value is -4.65. The van der Waals surface area contributed by atoms with Gasteiger partial charge in [0.05, 0.1) is 17.6 Å². The van der Waals surface area contributed by atoms with Crippen LogP contribution in [0.5, 0.6) is 0 Å². The summed E-state index contributed by atoms with van der Waals surface area (Å²) in [4.78, 5) is 21.7. The molecule has 3 aromatic heterocycles. The van der Waals surface area contributed by atoms with Crippen molar-refractivity contribution in [1.82, 2.24) is 29.4 Å². The first-order valence-electron chi connectivity index (χ1n) is 12.0. The van der Waals surface area contributed by atoms with Crippen LogP contribution in [0.3, 0.4) is 0 Å². The van der Waals surface area contributed by atoms with Gasteiger partial charge in [-0.2, -0.15) is 18.3 Å². The summed E-state index contributed by atoms with van der Waals surface area (Å²) < 4.78 is 49.1. The van der Waals surface area contributed by atoms with Gasteiger partial charge >= 0.3 is 6.18 Å². The number of alkyl halides is 3. The first kappa shape index (κ1) is 24.7. The quantitative estimate of drug-likeness (QED) is 0.361. The summed E-state index contributed by atoms with van der Waals surface area (Å²) in [6.07, 6.45) is -0.593. The van der Waals surface area contributed by atoms with Gasteiger partial charge in [-0.15, -0.1) is 0 Å². The molecule has 0 saturated carbocycles. The summed E-state index contributed by atoms with van der Waals surface area (Å²) in [7, 11) is 3.92. The lowest BCUT2D eigenvalue weighted by Crippen LogP contribution is -2.30. The summed E-state index contributed by atoms with van der Waals surface area (Å²) >= 11 is 0. The number of aromatic nitrogens is 5. The van der Waals surface area contributed by atoms with E-state index in [2.05, 4.69) is 15.2 Å². The molecular formula is C26H23F3N8O2. The number of nitrogens with zero attached hydrogens (tertiary/aromatic N) is 7. The number of fused-ring (bicyclic) bond motifs is 2. The van der Waals surface area contributed by atoms with Crippen LogP contribution in [0.15, 0.2) is 59.4 Å². The fourth-order valence-corrected chi connectivity index (χ4v) is 4.80. The van der Waals surface area contributed by atoms with Crippen LogP contribution in [0.2, 0.25) is 0 Å². The number of imidazole rings is 1. The lowest BCUT2D eigenvalue weighted by Gasteiger charge is -2.19. The molecule has 13 heteroatoms. The van der Waals surface area contributed by atoms with Crippen molar-refractivity contribution in [2.24, 2.45) is 0 Å². The van der Waals surface area contributed by atoms with E-state index in [1.807, 2.05) is 48.0 Å². The minimum atomic E-state index is -4.74. The number of anilines is 2. The molecule has 0 unspecified atom stereocenters. The Kier molecular flexibility index (Phi) is 5.68. The van der Waals surface area contributed by atoms with Gasteiger partial charge in [0, 0.05) is 36.4 Å². The molecule has 10 nitrogen and oxygen atoms in total. The second kappa shape index (κ2) is 8.98. The number of amides is 1. The van der Waals surface area contributed by atoms with E-state index in [0.717, 1.165) is 27.8 Å². The monoisotopic (exact) mass is 536 g/mol. The van der Waals surface area contributed by atoms with Gasteiger partial charge in [-0.3, -0.25) is 4.79 Å². The second-order valence-electron chi connectivity index (χ2n) is 9.54. The van der Waals surface area contributed by atoms with Crippen LogP contribution in [0.25, 0.3) is 22.3 Å². The predicted molar refractivity (Wildman–Crippen MR) is 137 cm³/mol. The third-order valence-corrected chi connectivity index (χ3v) is 6.60. The average molecular weight is 537 g/mol. The number of hydrogen-bond donors (Lipinski definition) is 1. The number of halogens is 3. The van der Waals surface area contributed by atoms with E-state index in [9.17, 15) is 18.0 Å². The van der Waals surface area contributed by atoms with E-state index in [-0.39, 0.29) is 17.2 Å². The number of nitrogen functional groups attached to an aromatic ring is 1. The van der Waals surface area contributed by atoms with E-state index in [1.165, 1.54) is 23.1 Å². The van der Waals surface area contributed by atoms with E-state index in [0.29, 0.717) is 36.2 Å². The normalized spacial score (nSPS) is 13.5. The van der Waals surface area contributed by atoms with Gasteiger partial charge in [0.1, 0.15) is 11.5 Å². The lowest BCUT2D eigenvalue weighted by molar-refractivity contribution is -0.141. The lowest BCUT2D eigenvalue weighted by atomic mass is 10.1. The zero-order valence-electron chi connectivity index (χ0n) is 21.0. The Morgan fingerprint density at radius 3 is 2.69 bits per heavy atom. The van der Waals surface area contributed by atoms with Crippen LogP contribution in [-0.4, -0.2) is 55.9 Å². The molecule has 0 fully saturated rings. The van der Waals surface area contributed by atoms with E-state index >= 15 is 0 Å². The molecule has 4 heterocycles. The van der Waals surface area contributed by atoms with Gasteiger partial charge in [-0.25, -0.2) is 9.67 Å². The van der Waals surface area contributed by atoms with Crippen molar-refractivity contribution in [2.75, 3.05) is 31.3 Å². The predicted octanol–water partition coefficient (Wildman–Crippen LogP) is 4.06. The molecule has 2 N–H and O–H groups in total. The number of benzene rings is 2. The molecule has 0 bridgehead atoms. The fourth-order valence-electron chi connectivity index (χ4n) is 4.80. The SMILES string of the molecule is CN(C)Cc1nccn1-c1ccc2c(c1)CCN2C(=O)c1cc(C(F)(F)F)nn1-c1ccc2onc(N)c2c1. The summed E-state index contributed by atoms with van der Waals surface area (Å²) in [5, 5.41) is 7.82. The van der Waals surface area contributed by atoms with Crippen molar-refractivity contribution in [3.8, 4) is 11.4 Å². The number of hydrogen-bond acceptors (Lipinski definition) is 7. The number of rotatable bonds is 5. The van der Waals surface area contributed by atoms with Gasteiger partial charge in [0.25, 0.3) is 5.91 Å². The maximum absolute atomic E-state index is 13.7. The largest absolute Gasteiger partial charge is 0.435 e. The van der Waals surface area contributed by atoms with Gasteiger partial charge in [-0.1, -0.05) is 5.16 Å². The molecule has 1 aliphatic rings. The molecule has 0 radical (unpaired) electrons. The molecule has 1 amide bonds. The van der Waals surface area contributed by atoms with Crippen molar-refractivity contribution >= 4 is 28.4 Å². The second-order valence-corrected chi connectivity index (χ2v) is 9.54. The number of nitrogens with two attached hydrogens (primary N) is 1. The Bertz CT molecular complexity index is 1720. The Labute approximate surface area is 220 Å².